The number of hydrogen-bond acceptors (Lipinski definition) is 2. The number of nitrogens with one attached hydrogen (secondary N) is 2. The van der Waals surface area contributed by atoms with Gasteiger partial charge in [0.15, 0.2) is 5.78 Å². The summed E-state index contributed by atoms with van der Waals surface area (Å²) >= 11 is 11.8. The number of urea groups is 1. The van der Waals surface area contributed by atoms with Gasteiger partial charge >= 0.3 is 6.03 Å². The molecular weight excluding hydrogens is 335 g/mol. The van der Waals surface area contributed by atoms with E-state index in [0.717, 1.165) is 5.56 Å². The molecule has 0 aliphatic rings. The number of aryl methyl sites for hydroxylation is 1. The summed E-state index contributed by atoms with van der Waals surface area (Å²) < 4.78 is 0. The molecular formula is C17H16Cl2N2O2. The normalized spacial score (nSPS) is 10.2. The second-order valence-corrected chi connectivity index (χ2v) is 5.89. The number of hydrogen-bond donors (Lipinski definition) is 2. The maximum absolute atomic E-state index is 12.0. The SMILES string of the molecule is Cc1ccc(C(=O)CCNC(=O)Nc2ccc(Cl)cc2Cl)cc1. The number of carbonyl (C=O) groups excluding carboxylic acids is 2. The van der Waals surface area contributed by atoms with Gasteiger partial charge in [-0.25, -0.2) is 4.79 Å². The van der Waals surface area contributed by atoms with Crippen molar-refractivity contribution in [2.24, 2.45) is 0 Å². The summed E-state index contributed by atoms with van der Waals surface area (Å²) in [5.41, 5.74) is 2.19. The molecule has 0 radical (unpaired) electrons. The molecule has 0 heterocycles. The van der Waals surface area contributed by atoms with E-state index in [-0.39, 0.29) is 18.7 Å². The van der Waals surface area contributed by atoms with Gasteiger partial charge in [0.25, 0.3) is 0 Å². The van der Waals surface area contributed by atoms with E-state index in [1.165, 1.54) is 0 Å². The molecule has 23 heavy (non-hydrogen) atoms. The maximum Gasteiger partial charge on any atom is 0.319 e. The number of carbonyl (C=O) groups is 2. The monoisotopic (exact) mass is 350 g/mol. The Labute approximate surface area is 144 Å². The predicted molar refractivity (Wildman–Crippen MR) is 93.6 cm³/mol. The molecule has 0 aliphatic carbocycles. The minimum atomic E-state index is -0.425. The molecule has 2 N–H and O–H groups in total. The van der Waals surface area contributed by atoms with Crippen molar-refractivity contribution < 1.29 is 9.59 Å². The van der Waals surface area contributed by atoms with Gasteiger partial charge in [0, 0.05) is 23.6 Å². The molecule has 0 saturated heterocycles. The Balaban J connectivity index is 1.80. The molecule has 2 amide bonds. The van der Waals surface area contributed by atoms with Crippen LogP contribution in [0.25, 0.3) is 0 Å². The lowest BCUT2D eigenvalue weighted by Crippen LogP contribution is -2.30. The molecule has 0 fully saturated rings. The molecule has 0 bridgehead atoms. The van der Waals surface area contributed by atoms with Gasteiger partial charge in [-0.1, -0.05) is 53.0 Å². The van der Waals surface area contributed by atoms with Crippen molar-refractivity contribution >= 4 is 40.7 Å². The quantitative estimate of drug-likeness (QED) is 0.768. The number of amides is 2. The van der Waals surface area contributed by atoms with Gasteiger partial charge in [0.1, 0.15) is 0 Å². The highest BCUT2D eigenvalue weighted by Gasteiger charge is 2.08. The first kappa shape index (κ1) is 17.3. The Bertz CT molecular complexity index is 715. The lowest BCUT2D eigenvalue weighted by molar-refractivity contribution is 0.0984. The summed E-state index contributed by atoms with van der Waals surface area (Å²) in [5, 5.41) is 6.07. The highest BCUT2D eigenvalue weighted by molar-refractivity contribution is 6.36. The second-order valence-electron chi connectivity index (χ2n) is 5.04. The average Bonchev–Trinajstić information content (AvgIpc) is 2.50. The summed E-state index contributed by atoms with van der Waals surface area (Å²) in [6.07, 6.45) is 0.227. The van der Waals surface area contributed by atoms with Gasteiger partial charge in [0.2, 0.25) is 0 Å². The Morgan fingerprint density at radius 1 is 1.04 bits per heavy atom. The third-order valence-electron chi connectivity index (χ3n) is 3.19. The van der Waals surface area contributed by atoms with Crippen molar-refractivity contribution in [1.82, 2.24) is 5.32 Å². The summed E-state index contributed by atoms with van der Waals surface area (Å²) in [6.45, 7) is 2.20. The van der Waals surface area contributed by atoms with Crippen LogP contribution in [0.15, 0.2) is 42.5 Å². The summed E-state index contributed by atoms with van der Waals surface area (Å²) in [6, 6.07) is 11.7. The van der Waals surface area contributed by atoms with Crippen molar-refractivity contribution in [2.45, 2.75) is 13.3 Å². The van der Waals surface area contributed by atoms with Crippen molar-refractivity contribution in [1.29, 1.82) is 0 Å². The lowest BCUT2D eigenvalue weighted by atomic mass is 10.1. The zero-order valence-corrected chi connectivity index (χ0v) is 14.0. The molecule has 0 spiro atoms. The Kier molecular flexibility index (Phi) is 6.02. The van der Waals surface area contributed by atoms with Crippen LogP contribution in [0.5, 0.6) is 0 Å². The highest BCUT2D eigenvalue weighted by atomic mass is 35.5. The topological polar surface area (TPSA) is 58.2 Å². The predicted octanol–water partition coefficient (Wildman–Crippen LogP) is 4.70. The van der Waals surface area contributed by atoms with Crippen molar-refractivity contribution in [3.8, 4) is 0 Å². The third kappa shape index (κ3) is 5.27. The van der Waals surface area contributed by atoms with Crippen LogP contribution in [-0.4, -0.2) is 18.4 Å². The molecule has 0 aliphatic heterocycles. The van der Waals surface area contributed by atoms with Gasteiger partial charge in [-0.2, -0.15) is 0 Å². The van der Waals surface area contributed by atoms with Gasteiger partial charge in [0.05, 0.1) is 10.7 Å². The van der Waals surface area contributed by atoms with Crippen molar-refractivity contribution in [3.05, 3.63) is 63.6 Å². The van der Waals surface area contributed by atoms with Crippen LogP contribution in [-0.2, 0) is 0 Å². The third-order valence-corrected chi connectivity index (χ3v) is 3.74. The van der Waals surface area contributed by atoms with Crippen LogP contribution in [0.1, 0.15) is 22.3 Å². The largest absolute Gasteiger partial charge is 0.337 e. The van der Waals surface area contributed by atoms with Gasteiger partial charge < -0.3 is 10.6 Å². The first-order valence-corrected chi connectivity index (χ1v) is 7.81. The molecule has 0 atom stereocenters. The Morgan fingerprint density at radius 2 is 1.74 bits per heavy atom. The van der Waals surface area contributed by atoms with Crippen LogP contribution < -0.4 is 10.6 Å². The maximum atomic E-state index is 12.0. The van der Waals surface area contributed by atoms with Crippen LogP contribution in [0.4, 0.5) is 10.5 Å². The molecule has 2 rings (SSSR count). The Hall–Kier alpha value is -2.04. The molecule has 2 aromatic rings. The van der Waals surface area contributed by atoms with Gasteiger partial charge in [-0.15, -0.1) is 0 Å². The first-order chi connectivity index (χ1) is 11.0. The number of ketones is 1. The molecule has 2 aromatic carbocycles. The first-order valence-electron chi connectivity index (χ1n) is 7.05. The van der Waals surface area contributed by atoms with Crippen LogP contribution in [0.3, 0.4) is 0 Å². The van der Waals surface area contributed by atoms with E-state index in [2.05, 4.69) is 10.6 Å². The molecule has 0 unspecified atom stereocenters. The van der Waals surface area contributed by atoms with Crippen LogP contribution in [0.2, 0.25) is 10.0 Å². The number of Topliss-reactive ketones (excluding diaryl/α,β-unsaturated/α-hetero) is 1. The van der Waals surface area contributed by atoms with Crippen molar-refractivity contribution in [2.75, 3.05) is 11.9 Å². The van der Waals surface area contributed by atoms with Gasteiger partial charge in [-0.3, -0.25) is 4.79 Å². The summed E-state index contributed by atoms with van der Waals surface area (Å²) in [7, 11) is 0. The molecule has 4 nitrogen and oxygen atoms in total. The van der Waals surface area contributed by atoms with E-state index in [1.54, 1.807) is 30.3 Å². The summed E-state index contributed by atoms with van der Waals surface area (Å²) in [4.78, 5) is 23.8. The summed E-state index contributed by atoms with van der Waals surface area (Å²) in [5.74, 6) is -0.0187. The fraction of sp³-hybridized carbons (Fsp3) is 0.176. The Morgan fingerprint density at radius 3 is 2.39 bits per heavy atom. The van der Waals surface area contributed by atoms with E-state index in [0.29, 0.717) is 21.3 Å². The van der Waals surface area contributed by atoms with E-state index < -0.39 is 6.03 Å². The number of benzene rings is 2. The standard InChI is InChI=1S/C17H16Cl2N2O2/c1-11-2-4-12(5-3-11)16(22)8-9-20-17(23)21-15-7-6-13(18)10-14(15)19/h2-7,10H,8-9H2,1H3,(H2,20,21,23). The van der Waals surface area contributed by atoms with Crippen molar-refractivity contribution in [3.63, 3.8) is 0 Å². The number of rotatable bonds is 5. The number of halogens is 2. The molecule has 0 aromatic heterocycles. The van der Waals surface area contributed by atoms with Gasteiger partial charge in [-0.05, 0) is 25.1 Å². The van der Waals surface area contributed by atoms with Crippen LogP contribution >= 0.6 is 23.2 Å². The molecule has 120 valence electrons. The average molecular weight is 351 g/mol. The fourth-order valence-corrected chi connectivity index (χ4v) is 2.39. The minimum absolute atomic E-state index is 0.0187. The highest BCUT2D eigenvalue weighted by Crippen LogP contribution is 2.25. The van der Waals surface area contributed by atoms with E-state index in [9.17, 15) is 9.59 Å². The minimum Gasteiger partial charge on any atom is -0.337 e. The molecule has 0 saturated carbocycles. The van der Waals surface area contributed by atoms with Crippen LogP contribution in [0, 0.1) is 6.92 Å². The van der Waals surface area contributed by atoms with E-state index in [4.69, 9.17) is 23.2 Å². The smallest absolute Gasteiger partial charge is 0.319 e. The lowest BCUT2D eigenvalue weighted by Gasteiger charge is -2.09. The second kappa shape index (κ2) is 7.99. The number of anilines is 1. The fourth-order valence-electron chi connectivity index (χ4n) is 1.93. The van der Waals surface area contributed by atoms with E-state index >= 15 is 0 Å². The zero-order valence-electron chi connectivity index (χ0n) is 12.5. The molecule has 6 heteroatoms. The van der Waals surface area contributed by atoms with E-state index in [1.807, 2.05) is 19.1 Å². The zero-order chi connectivity index (χ0) is 16.8.